The van der Waals surface area contributed by atoms with Crippen molar-refractivity contribution in [2.24, 2.45) is 0 Å². The smallest absolute Gasteiger partial charge is 0.224 e. The van der Waals surface area contributed by atoms with E-state index in [0.29, 0.717) is 32.7 Å². The van der Waals surface area contributed by atoms with Crippen LogP contribution in [0, 0.1) is 13.8 Å². The number of hydrogen-bond donors (Lipinski definition) is 1. The van der Waals surface area contributed by atoms with Gasteiger partial charge in [-0.3, -0.25) is 4.79 Å². The first-order valence-corrected chi connectivity index (χ1v) is 7.66. The molecule has 118 valence electrons. The van der Waals surface area contributed by atoms with Crippen LogP contribution in [0.4, 0.5) is 0 Å². The Balaban J connectivity index is 1.84. The number of rotatable bonds is 5. The zero-order chi connectivity index (χ0) is 15.4. The molecule has 1 N–H and O–H groups in total. The highest BCUT2D eigenvalue weighted by Gasteiger charge is 2.21. The number of hydrogen-bond acceptors (Lipinski definition) is 4. The molecule has 0 aliphatic carbocycles. The molecule has 1 amide bonds. The summed E-state index contributed by atoms with van der Waals surface area (Å²) in [5.41, 5.74) is 1.16. The van der Waals surface area contributed by atoms with Gasteiger partial charge in [0.05, 0.1) is 13.2 Å². The van der Waals surface area contributed by atoms with E-state index in [1.54, 1.807) is 0 Å². The highest BCUT2D eigenvalue weighted by molar-refractivity contribution is 5.76. The lowest BCUT2D eigenvalue weighted by Gasteiger charge is -2.28. The fourth-order valence-electron chi connectivity index (χ4n) is 2.86. The normalized spacial score (nSPS) is 18.6. The summed E-state index contributed by atoms with van der Waals surface area (Å²) < 4.78 is 10.8. The topological polar surface area (TPSA) is 54.7 Å². The summed E-state index contributed by atoms with van der Waals surface area (Å²) in [6, 6.07) is 2.36. The summed E-state index contributed by atoms with van der Waals surface area (Å²) in [6.07, 6.45) is 0.514. The third kappa shape index (κ3) is 4.32. The lowest BCUT2D eigenvalue weighted by Crippen LogP contribution is -2.43. The van der Waals surface area contributed by atoms with Crippen LogP contribution in [0.2, 0.25) is 0 Å². The average molecular weight is 294 g/mol. The van der Waals surface area contributed by atoms with Gasteiger partial charge in [0.15, 0.2) is 0 Å². The number of aryl methyl sites for hydroxylation is 2. The van der Waals surface area contributed by atoms with E-state index in [0.717, 1.165) is 17.1 Å². The number of morpholine rings is 1. The largest absolute Gasteiger partial charge is 0.466 e. The second-order valence-electron chi connectivity index (χ2n) is 5.86. The fourth-order valence-corrected chi connectivity index (χ4v) is 2.86. The number of furan rings is 1. The molecule has 1 aromatic rings. The molecular weight excluding hydrogens is 268 g/mol. The van der Waals surface area contributed by atoms with E-state index in [2.05, 4.69) is 25.2 Å². The Morgan fingerprint density at radius 3 is 2.57 bits per heavy atom. The van der Waals surface area contributed by atoms with Gasteiger partial charge in [-0.25, -0.2) is 0 Å². The van der Waals surface area contributed by atoms with Gasteiger partial charge in [-0.2, -0.15) is 0 Å². The molecule has 5 heteroatoms. The summed E-state index contributed by atoms with van der Waals surface area (Å²) in [4.78, 5) is 14.1. The maximum Gasteiger partial charge on any atom is 0.224 e. The molecule has 1 aromatic heterocycles. The van der Waals surface area contributed by atoms with Crippen molar-refractivity contribution >= 4 is 5.91 Å². The van der Waals surface area contributed by atoms with Crippen molar-refractivity contribution in [2.45, 2.75) is 46.2 Å². The van der Waals surface area contributed by atoms with Crippen LogP contribution in [-0.4, -0.2) is 43.2 Å². The molecule has 5 nitrogen and oxygen atoms in total. The van der Waals surface area contributed by atoms with Crippen LogP contribution in [0.1, 0.15) is 43.4 Å². The van der Waals surface area contributed by atoms with Crippen LogP contribution < -0.4 is 5.32 Å². The molecule has 1 fully saturated rings. The van der Waals surface area contributed by atoms with Crippen molar-refractivity contribution in [3.63, 3.8) is 0 Å². The van der Waals surface area contributed by atoms with E-state index in [1.165, 1.54) is 0 Å². The standard InChI is InChI=1S/C16H26N2O3/c1-11(9-16(19)18-5-7-20-8-6-18)17-13(3)15-10-12(2)21-14(15)4/h10-11,13,17H,5-9H2,1-4H3/t11-,13-/m0/s1. The van der Waals surface area contributed by atoms with Crippen molar-refractivity contribution < 1.29 is 13.9 Å². The molecule has 0 radical (unpaired) electrons. The van der Waals surface area contributed by atoms with Gasteiger partial charge in [0.1, 0.15) is 11.5 Å². The number of amides is 1. The second kappa shape index (κ2) is 7.09. The minimum absolute atomic E-state index is 0.130. The summed E-state index contributed by atoms with van der Waals surface area (Å²) in [5.74, 6) is 2.07. The first-order chi connectivity index (χ1) is 9.97. The highest BCUT2D eigenvalue weighted by atomic mass is 16.5. The third-order valence-electron chi connectivity index (χ3n) is 3.92. The van der Waals surface area contributed by atoms with Crippen molar-refractivity contribution in [2.75, 3.05) is 26.3 Å². The van der Waals surface area contributed by atoms with Crippen LogP contribution in [0.15, 0.2) is 10.5 Å². The summed E-state index contributed by atoms with van der Waals surface area (Å²) in [6.45, 7) is 10.8. The van der Waals surface area contributed by atoms with Gasteiger partial charge in [0.2, 0.25) is 5.91 Å². The minimum atomic E-state index is 0.130. The Kier molecular flexibility index (Phi) is 5.42. The van der Waals surface area contributed by atoms with E-state index >= 15 is 0 Å². The average Bonchev–Trinajstić information content (AvgIpc) is 2.78. The van der Waals surface area contributed by atoms with E-state index in [1.807, 2.05) is 18.7 Å². The van der Waals surface area contributed by atoms with Crippen LogP contribution in [-0.2, 0) is 9.53 Å². The predicted octanol–water partition coefficient (Wildman–Crippen LogP) is 2.18. The van der Waals surface area contributed by atoms with Gasteiger partial charge in [-0.15, -0.1) is 0 Å². The number of carbonyl (C=O) groups is 1. The van der Waals surface area contributed by atoms with Crippen molar-refractivity contribution in [1.82, 2.24) is 10.2 Å². The Morgan fingerprint density at radius 2 is 2.00 bits per heavy atom. The van der Waals surface area contributed by atoms with Crippen LogP contribution in [0.5, 0.6) is 0 Å². The number of nitrogens with one attached hydrogen (secondary N) is 1. The molecule has 0 unspecified atom stereocenters. The highest BCUT2D eigenvalue weighted by Crippen LogP contribution is 2.21. The summed E-state index contributed by atoms with van der Waals surface area (Å²) in [7, 11) is 0. The summed E-state index contributed by atoms with van der Waals surface area (Å²) >= 11 is 0. The lowest BCUT2D eigenvalue weighted by atomic mass is 10.1. The Hall–Kier alpha value is -1.33. The molecule has 2 heterocycles. The molecule has 2 rings (SSSR count). The van der Waals surface area contributed by atoms with Gasteiger partial charge in [0, 0.05) is 37.2 Å². The zero-order valence-corrected chi connectivity index (χ0v) is 13.4. The quantitative estimate of drug-likeness (QED) is 0.904. The van der Waals surface area contributed by atoms with Crippen molar-refractivity contribution in [3.8, 4) is 0 Å². The molecule has 0 spiro atoms. The van der Waals surface area contributed by atoms with Gasteiger partial charge in [-0.1, -0.05) is 0 Å². The van der Waals surface area contributed by atoms with Gasteiger partial charge in [-0.05, 0) is 33.8 Å². The maximum absolute atomic E-state index is 12.2. The monoisotopic (exact) mass is 294 g/mol. The number of ether oxygens (including phenoxy) is 1. The van der Waals surface area contributed by atoms with Crippen LogP contribution in [0.3, 0.4) is 0 Å². The van der Waals surface area contributed by atoms with Gasteiger partial charge < -0.3 is 19.4 Å². The van der Waals surface area contributed by atoms with Crippen molar-refractivity contribution in [3.05, 3.63) is 23.2 Å². The number of carbonyl (C=O) groups excluding carboxylic acids is 1. The maximum atomic E-state index is 12.2. The lowest BCUT2D eigenvalue weighted by molar-refractivity contribution is -0.135. The molecular formula is C16H26N2O3. The SMILES string of the molecule is Cc1cc([C@H](C)N[C@@H](C)CC(=O)N2CCOCC2)c(C)o1. The van der Waals surface area contributed by atoms with Gasteiger partial charge in [0.25, 0.3) is 0 Å². The fraction of sp³-hybridized carbons (Fsp3) is 0.688. The zero-order valence-electron chi connectivity index (χ0n) is 13.4. The molecule has 0 aromatic carbocycles. The van der Waals surface area contributed by atoms with Crippen molar-refractivity contribution in [1.29, 1.82) is 0 Å². The first kappa shape index (κ1) is 16.0. The minimum Gasteiger partial charge on any atom is -0.466 e. The van der Waals surface area contributed by atoms with Gasteiger partial charge >= 0.3 is 0 Å². The number of nitrogens with zero attached hydrogens (tertiary/aromatic N) is 1. The molecule has 1 saturated heterocycles. The van der Waals surface area contributed by atoms with E-state index in [-0.39, 0.29) is 18.0 Å². The van der Waals surface area contributed by atoms with Crippen LogP contribution >= 0.6 is 0 Å². The molecule has 2 atom stereocenters. The molecule has 21 heavy (non-hydrogen) atoms. The predicted molar refractivity (Wildman–Crippen MR) is 81.2 cm³/mol. The van der Waals surface area contributed by atoms with E-state index < -0.39 is 0 Å². The first-order valence-electron chi connectivity index (χ1n) is 7.66. The molecule has 1 aliphatic rings. The molecule has 0 saturated carbocycles. The third-order valence-corrected chi connectivity index (χ3v) is 3.92. The molecule has 1 aliphatic heterocycles. The molecule has 0 bridgehead atoms. The van der Waals surface area contributed by atoms with E-state index in [4.69, 9.17) is 9.15 Å². The van der Waals surface area contributed by atoms with E-state index in [9.17, 15) is 4.79 Å². The Morgan fingerprint density at radius 1 is 1.33 bits per heavy atom. The second-order valence-corrected chi connectivity index (χ2v) is 5.86. The Bertz CT molecular complexity index is 478. The van der Waals surface area contributed by atoms with Crippen LogP contribution in [0.25, 0.3) is 0 Å². The summed E-state index contributed by atoms with van der Waals surface area (Å²) in [5, 5.41) is 3.48. The Labute approximate surface area is 126 Å².